The van der Waals surface area contributed by atoms with Crippen LogP contribution in [-0.2, 0) is 11.3 Å². The van der Waals surface area contributed by atoms with Gasteiger partial charge in [-0.3, -0.25) is 4.90 Å². The highest BCUT2D eigenvalue weighted by Crippen LogP contribution is 2.23. The molecule has 7 heteroatoms. The van der Waals surface area contributed by atoms with Gasteiger partial charge in [0.05, 0.1) is 23.9 Å². The lowest BCUT2D eigenvalue weighted by Crippen LogP contribution is -2.40. The van der Waals surface area contributed by atoms with Crippen molar-refractivity contribution >= 4 is 40.3 Å². The first-order valence-corrected chi connectivity index (χ1v) is 11.6. The maximum atomic E-state index is 6.43. The van der Waals surface area contributed by atoms with Crippen molar-refractivity contribution in [2.75, 3.05) is 63.7 Å². The van der Waals surface area contributed by atoms with Crippen molar-refractivity contribution in [1.29, 1.82) is 0 Å². The molecule has 1 aliphatic rings. The summed E-state index contributed by atoms with van der Waals surface area (Å²) in [6, 6.07) is 14.6. The second-order valence-corrected chi connectivity index (χ2v) is 9.00. The van der Waals surface area contributed by atoms with Gasteiger partial charge in [-0.25, -0.2) is 0 Å². The fraction of sp³-hybridized carbons (Fsp3) is 0.458. The fourth-order valence-electron chi connectivity index (χ4n) is 3.60. The largest absolute Gasteiger partial charge is 0.379 e. The Balaban J connectivity index is 1.66. The minimum Gasteiger partial charge on any atom is -0.379 e. The monoisotopic (exact) mass is 460 g/mol. The van der Waals surface area contributed by atoms with Crippen LogP contribution in [-0.4, -0.2) is 68.4 Å². The fourth-order valence-corrected chi connectivity index (χ4v) is 4.15. The minimum absolute atomic E-state index is 0.686. The van der Waals surface area contributed by atoms with Gasteiger partial charge in [-0.2, -0.15) is 0 Å². The van der Waals surface area contributed by atoms with Crippen molar-refractivity contribution in [2.45, 2.75) is 19.9 Å². The number of anilines is 2. The Morgan fingerprint density at radius 3 is 2.48 bits per heavy atom. The van der Waals surface area contributed by atoms with Gasteiger partial charge in [0.15, 0.2) is 5.11 Å². The van der Waals surface area contributed by atoms with Crippen molar-refractivity contribution in [2.24, 2.45) is 0 Å². The van der Waals surface area contributed by atoms with Crippen molar-refractivity contribution in [3.8, 4) is 0 Å². The minimum atomic E-state index is 0.686. The van der Waals surface area contributed by atoms with E-state index >= 15 is 0 Å². The molecule has 3 rings (SSSR count). The second kappa shape index (κ2) is 11.7. The SMILES string of the molecule is Cc1ccc(NC(=S)N(CCCN2CCOCC2)Cc2ccc(N(C)C)cc2)c(Cl)c1. The molecule has 1 aliphatic heterocycles. The van der Waals surface area contributed by atoms with Gasteiger partial charge >= 0.3 is 0 Å². The lowest BCUT2D eigenvalue weighted by molar-refractivity contribution is 0.0368. The van der Waals surface area contributed by atoms with Crippen LogP contribution in [0.5, 0.6) is 0 Å². The van der Waals surface area contributed by atoms with E-state index in [2.05, 4.69) is 58.4 Å². The Labute approximate surface area is 196 Å². The maximum absolute atomic E-state index is 6.43. The van der Waals surface area contributed by atoms with Crippen LogP contribution in [0.25, 0.3) is 0 Å². The third kappa shape index (κ3) is 7.35. The Morgan fingerprint density at radius 1 is 1.13 bits per heavy atom. The van der Waals surface area contributed by atoms with Gasteiger partial charge in [0.25, 0.3) is 0 Å². The van der Waals surface area contributed by atoms with Gasteiger partial charge in [0.1, 0.15) is 0 Å². The molecule has 0 spiro atoms. The summed E-state index contributed by atoms with van der Waals surface area (Å²) in [6.45, 7) is 8.38. The molecule has 2 aromatic rings. The van der Waals surface area contributed by atoms with Crippen LogP contribution in [0.15, 0.2) is 42.5 Å². The Kier molecular flexibility index (Phi) is 8.96. The molecule has 1 fully saturated rings. The molecule has 168 valence electrons. The number of halogens is 1. The van der Waals surface area contributed by atoms with Crippen LogP contribution in [0.1, 0.15) is 17.5 Å². The van der Waals surface area contributed by atoms with Crippen LogP contribution in [0.4, 0.5) is 11.4 Å². The number of nitrogens with zero attached hydrogens (tertiary/aromatic N) is 3. The van der Waals surface area contributed by atoms with E-state index in [1.807, 2.05) is 25.1 Å². The summed E-state index contributed by atoms with van der Waals surface area (Å²) < 4.78 is 5.46. The first-order valence-electron chi connectivity index (χ1n) is 10.8. The molecule has 5 nitrogen and oxygen atoms in total. The quantitative estimate of drug-likeness (QED) is 0.578. The summed E-state index contributed by atoms with van der Waals surface area (Å²) in [5.74, 6) is 0. The third-order valence-electron chi connectivity index (χ3n) is 5.49. The Hall–Kier alpha value is -1.86. The number of thiocarbonyl (C=S) groups is 1. The van der Waals surface area contributed by atoms with Crippen molar-refractivity contribution in [3.63, 3.8) is 0 Å². The lowest BCUT2D eigenvalue weighted by Gasteiger charge is -2.30. The number of rotatable bonds is 8. The molecule has 0 saturated carbocycles. The first-order chi connectivity index (χ1) is 14.9. The summed E-state index contributed by atoms with van der Waals surface area (Å²) in [7, 11) is 4.11. The topological polar surface area (TPSA) is 31.0 Å². The van der Waals surface area contributed by atoms with E-state index in [0.29, 0.717) is 10.1 Å². The molecule has 1 N–H and O–H groups in total. The summed E-state index contributed by atoms with van der Waals surface area (Å²) >= 11 is 12.2. The lowest BCUT2D eigenvalue weighted by atomic mass is 10.2. The Bertz CT molecular complexity index is 853. The van der Waals surface area contributed by atoms with Gasteiger partial charge in [-0.15, -0.1) is 0 Å². The number of hydrogen-bond donors (Lipinski definition) is 1. The summed E-state index contributed by atoms with van der Waals surface area (Å²) in [6.07, 6.45) is 1.04. The average molecular weight is 461 g/mol. The molecule has 31 heavy (non-hydrogen) atoms. The normalized spacial score (nSPS) is 14.3. The van der Waals surface area contributed by atoms with Crippen LogP contribution < -0.4 is 10.2 Å². The van der Waals surface area contributed by atoms with E-state index in [1.54, 1.807) is 0 Å². The van der Waals surface area contributed by atoms with Crippen LogP contribution in [0.3, 0.4) is 0 Å². The highest BCUT2D eigenvalue weighted by molar-refractivity contribution is 7.80. The zero-order valence-corrected chi connectivity index (χ0v) is 20.3. The van der Waals surface area contributed by atoms with Gasteiger partial charge in [-0.1, -0.05) is 29.8 Å². The summed E-state index contributed by atoms with van der Waals surface area (Å²) in [5.41, 5.74) is 4.40. The number of ether oxygens (including phenoxy) is 1. The molecule has 0 atom stereocenters. The third-order valence-corrected chi connectivity index (χ3v) is 6.16. The molecular formula is C24H33ClN4OS. The molecule has 0 aliphatic carbocycles. The highest BCUT2D eigenvalue weighted by Gasteiger charge is 2.15. The zero-order valence-electron chi connectivity index (χ0n) is 18.7. The molecule has 0 unspecified atom stereocenters. The molecule has 0 amide bonds. The second-order valence-electron chi connectivity index (χ2n) is 8.20. The molecule has 0 aromatic heterocycles. The van der Waals surface area contributed by atoms with E-state index in [0.717, 1.165) is 63.6 Å². The summed E-state index contributed by atoms with van der Waals surface area (Å²) in [4.78, 5) is 6.80. The predicted molar refractivity (Wildman–Crippen MR) is 135 cm³/mol. The van der Waals surface area contributed by atoms with Gasteiger partial charge in [0, 0.05) is 52.5 Å². The Morgan fingerprint density at radius 2 is 1.84 bits per heavy atom. The predicted octanol–water partition coefficient (Wildman–Crippen LogP) is 4.64. The number of benzene rings is 2. The highest BCUT2D eigenvalue weighted by atomic mass is 35.5. The molecule has 0 radical (unpaired) electrons. The van der Waals surface area contributed by atoms with E-state index in [1.165, 1.54) is 11.3 Å². The average Bonchev–Trinajstić information content (AvgIpc) is 2.76. The standard InChI is InChI=1S/C24H33ClN4OS/c1-19-5-10-23(22(25)17-19)26-24(31)29(12-4-11-28-13-15-30-16-14-28)18-20-6-8-21(9-7-20)27(2)3/h5-10,17H,4,11-16,18H2,1-3H3,(H,26,31). The summed E-state index contributed by atoms with van der Waals surface area (Å²) in [5, 5.41) is 4.74. The number of hydrogen-bond acceptors (Lipinski definition) is 4. The first kappa shape index (κ1) is 23.8. The zero-order chi connectivity index (χ0) is 22.2. The smallest absolute Gasteiger partial charge is 0.173 e. The van der Waals surface area contributed by atoms with Crippen LogP contribution >= 0.6 is 23.8 Å². The van der Waals surface area contributed by atoms with E-state index in [-0.39, 0.29) is 0 Å². The van der Waals surface area contributed by atoms with Gasteiger partial charge in [0.2, 0.25) is 0 Å². The van der Waals surface area contributed by atoms with E-state index in [4.69, 9.17) is 28.6 Å². The van der Waals surface area contributed by atoms with Crippen molar-refractivity contribution in [1.82, 2.24) is 9.80 Å². The molecule has 1 saturated heterocycles. The number of aryl methyl sites for hydroxylation is 1. The van der Waals surface area contributed by atoms with E-state index < -0.39 is 0 Å². The van der Waals surface area contributed by atoms with Crippen molar-refractivity contribution < 1.29 is 4.74 Å². The molecule has 0 bridgehead atoms. The molecular weight excluding hydrogens is 428 g/mol. The maximum Gasteiger partial charge on any atom is 0.173 e. The van der Waals surface area contributed by atoms with Gasteiger partial charge in [-0.05, 0) is 61.0 Å². The van der Waals surface area contributed by atoms with Crippen molar-refractivity contribution in [3.05, 3.63) is 58.6 Å². The van der Waals surface area contributed by atoms with Crippen LogP contribution in [0.2, 0.25) is 5.02 Å². The number of morpholine rings is 1. The van der Waals surface area contributed by atoms with E-state index in [9.17, 15) is 0 Å². The van der Waals surface area contributed by atoms with Crippen LogP contribution in [0, 0.1) is 6.92 Å². The van der Waals surface area contributed by atoms with Gasteiger partial charge < -0.3 is 19.9 Å². The molecule has 2 aromatic carbocycles. The molecule has 1 heterocycles. The number of nitrogens with one attached hydrogen (secondary N) is 1.